The Labute approximate surface area is 208 Å². The molecule has 33 heavy (non-hydrogen) atoms. The molecule has 0 radical (unpaired) electrons. The average Bonchev–Trinajstić information content (AvgIpc) is 3.11. The fourth-order valence-corrected chi connectivity index (χ4v) is 4.99. The quantitative estimate of drug-likeness (QED) is 0.263. The van der Waals surface area contributed by atoms with Gasteiger partial charge in [-0.05, 0) is 47.9 Å². The Morgan fingerprint density at radius 3 is 2.48 bits per heavy atom. The second-order valence-corrected chi connectivity index (χ2v) is 9.37. The minimum Gasteiger partial charge on any atom is -0.493 e. The Hall–Kier alpha value is -2.80. The SMILES string of the molecule is CCc1ccccc1N1C(=O)/C(=C/c2ccc(OCc3ccccc3Cl)c(OC)c2)SC1=S. The van der Waals surface area contributed by atoms with Crippen LogP contribution in [-0.4, -0.2) is 17.3 Å². The third kappa shape index (κ3) is 5.08. The van der Waals surface area contributed by atoms with E-state index in [4.69, 9.17) is 33.3 Å². The first-order valence-corrected chi connectivity index (χ1v) is 12.0. The molecule has 7 heteroatoms. The summed E-state index contributed by atoms with van der Waals surface area (Å²) in [5.74, 6) is 1.05. The lowest BCUT2D eigenvalue weighted by Gasteiger charge is -2.18. The zero-order valence-corrected chi connectivity index (χ0v) is 20.6. The summed E-state index contributed by atoms with van der Waals surface area (Å²) in [6, 6.07) is 20.9. The maximum absolute atomic E-state index is 13.2. The smallest absolute Gasteiger partial charge is 0.270 e. The number of carbonyl (C=O) groups excluding carboxylic acids is 1. The number of aryl methyl sites for hydroxylation is 1. The summed E-state index contributed by atoms with van der Waals surface area (Å²) in [6.45, 7) is 2.39. The molecule has 0 aromatic heterocycles. The minimum atomic E-state index is -0.121. The number of hydrogen-bond acceptors (Lipinski definition) is 5. The van der Waals surface area contributed by atoms with E-state index in [0.29, 0.717) is 32.4 Å². The highest BCUT2D eigenvalue weighted by molar-refractivity contribution is 8.27. The van der Waals surface area contributed by atoms with Crippen molar-refractivity contribution < 1.29 is 14.3 Å². The summed E-state index contributed by atoms with van der Waals surface area (Å²) >= 11 is 13.0. The molecular formula is C26H22ClNO3S2. The molecule has 0 spiro atoms. The van der Waals surface area contributed by atoms with Gasteiger partial charge >= 0.3 is 0 Å². The lowest BCUT2D eigenvalue weighted by atomic mass is 10.1. The Balaban J connectivity index is 1.56. The van der Waals surface area contributed by atoms with Gasteiger partial charge in [0.05, 0.1) is 17.7 Å². The molecule has 0 aliphatic carbocycles. The van der Waals surface area contributed by atoms with Crippen LogP contribution >= 0.6 is 35.6 Å². The lowest BCUT2D eigenvalue weighted by molar-refractivity contribution is -0.113. The van der Waals surface area contributed by atoms with Crippen LogP contribution in [0.4, 0.5) is 5.69 Å². The number of benzene rings is 3. The third-order valence-electron chi connectivity index (χ3n) is 5.23. The standard InChI is InChI=1S/C26H22ClNO3S2/c1-3-18-8-5-7-11-21(18)28-25(29)24(33-26(28)32)15-17-12-13-22(23(14-17)30-2)31-16-19-9-4-6-10-20(19)27/h4-15H,3,16H2,1-2H3/b24-15-. The molecule has 4 nitrogen and oxygen atoms in total. The van der Waals surface area contributed by atoms with Crippen molar-refractivity contribution in [2.24, 2.45) is 0 Å². The molecule has 1 amide bonds. The Kier molecular flexibility index (Phi) is 7.38. The van der Waals surface area contributed by atoms with Crippen LogP contribution in [0.5, 0.6) is 11.5 Å². The van der Waals surface area contributed by atoms with Gasteiger partial charge in [-0.2, -0.15) is 0 Å². The molecule has 168 valence electrons. The summed E-state index contributed by atoms with van der Waals surface area (Å²) in [5.41, 5.74) is 3.63. The van der Waals surface area contributed by atoms with Gasteiger partial charge in [-0.1, -0.05) is 85.0 Å². The van der Waals surface area contributed by atoms with Gasteiger partial charge < -0.3 is 9.47 Å². The fourth-order valence-electron chi connectivity index (χ4n) is 3.52. The normalized spacial score (nSPS) is 14.8. The second kappa shape index (κ2) is 10.4. The molecule has 1 aliphatic rings. The molecule has 0 saturated carbocycles. The van der Waals surface area contributed by atoms with Crippen LogP contribution in [0.3, 0.4) is 0 Å². The van der Waals surface area contributed by atoms with Crippen molar-refractivity contribution in [3.63, 3.8) is 0 Å². The number of methoxy groups -OCH3 is 1. The van der Waals surface area contributed by atoms with Crippen LogP contribution in [0.25, 0.3) is 6.08 Å². The van der Waals surface area contributed by atoms with Crippen molar-refractivity contribution in [2.75, 3.05) is 12.0 Å². The highest BCUT2D eigenvalue weighted by atomic mass is 35.5. The first-order valence-electron chi connectivity index (χ1n) is 10.4. The molecule has 1 fully saturated rings. The molecule has 1 heterocycles. The number of nitrogens with zero attached hydrogens (tertiary/aromatic N) is 1. The molecule has 3 aromatic carbocycles. The molecule has 3 aromatic rings. The van der Waals surface area contributed by atoms with Gasteiger partial charge in [0.25, 0.3) is 5.91 Å². The van der Waals surface area contributed by atoms with Gasteiger partial charge in [-0.25, -0.2) is 0 Å². The fraction of sp³-hybridized carbons (Fsp3) is 0.154. The van der Waals surface area contributed by atoms with Gasteiger partial charge in [0.2, 0.25) is 0 Å². The summed E-state index contributed by atoms with van der Waals surface area (Å²) in [4.78, 5) is 15.4. The Morgan fingerprint density at radius 1 is 1.03 bits per heavy atom. The molecule has 1 saturated heterocycles. The van der Waals surface area contributed by atoms with E-state index in [0.717, 1.165) is 28.8 Å². The molecule has 0 atom stereocenters. The summed E-state index contributed by atoms with van der Waals surface area (Å²) < 4.78 is 12.0. The van der Waals surface area contributed by atoms with E-state index in [1.165, 1.54) is 11.8 Å². The van der Waals surface area contributed by atoms with E-state index in [2.05, 4.69) is 6.92 Å². The molecule has 0 N–H and O–H groups in total. The molecule has 4 rings (SSSR count). The monoisotopic (exact) mass is 495 g/mol. The van der Waals surface area contributed by atoms with Gasteiger partial charge in [0.1, 0.15) is 6.61 Å². The number of thioether (sulfide) groups is 1. The topological polar surface area (TPSA) is 38.8 Å². The lowest BCUT2D eigenvalue weighted by Crippen LogP contribution is -2.28. The van der Waals surface area contributed by atoms with Crippen molar-refractivity contribution >= 4 is 57.6 Å². The van der Waals surface area contributed by atoms with Crippen molar-refractivity contribution in [1.82, 2.24) is 0 Å². The maximum Gasteiger partial charge on any atom is 0.270 e. The summed E-state index contributed by atoms with van der Waals surface area (Å²) in [7, 11) is 1.59. The van der Waals surface area contributed by atoms with E-state index < -0.39 is 0 Å². The Bertz CT molecular complexity index is 1240. The molecule has 0 bridgehead atoms. The van der Waals surface area contributed by atoms with E-state index in [-0.39, 0.29) is 5.91 Å². The maximum atomic E-state index is 13.2. The molecular weight excluding hydrogens is 474 g/mol. The van der Waals surface area contributed by atoms with Crippen LogP contribution in [0.15, 0.2) is 71.6 Å². The van der Waals surface area contributed by atoms with E-state index >= 15 is 0 Å². The first-order chi connectivity index (χ1) is 16.0. The van der Waals surface area contributed by atoms with Gasteiger partial charge in [0, 0.05) is 10.6 Å². The predicted octanol–water partition coefficient (Wildman–Crippen LogP) is 6.90. The minimum absolute atomic E-state index is 0.121. The number of rotatable bonds is 7. The van der Waals surface area contributed by atoms with Gasteiger partial charge in [-0.3, -0.25) is 9.69 Å². The molecule has 1 aliphatic heterocycles. The van der Waals surface area contributed by atoms with Crippen LogP contribution in [0.1, 0.15) is 23.6 Å². The van der Waals surface area contributed by atoms with E-state index in [1.807, 2.05) is 72.8 Å². The number of carbonyl (C=O) groups is 1. The van der Waals surface area contributed by atoms with Crippen molar-refractivity contribution in [3.8, 4) is 11.5 Å². The number of amides is 1. The van der Waals surface area contributed by atoms with Gasteiger partial charge in [-0.15, -0.1) is 0 Å². The zero-order valence-electron chi connectivity index (χ0n) is 18.2. The first kappa shape index (κ1) is 23.4. The van der Waals surface area contributed by atoms with Crippen molar-refractivity contribution in [1.29, 1.82) is 0 Å². The molecule has 0 unspecified atom stereocenters. The van der Waals surface area contributed by atoms with Crippen LogP contribution in [-0.2, 0) is 17.8 Å². The third-order valence-corrected chi connectivity index (χ3v) is 6.90. The number of ether oxygens (including phenoxy) is 2. The average molecular weight is 496 g/mol. The number of hydrogen-bond donors (Lipinski definition) is 0. The number of halogens is 1. The van der Waals surface area contributed by atoms with E-state index in [9.17, 15) is 4.79 Å². The van der Waals surface area contributed by atoms with E-state index in [1.54, 1.807) is 12.0 Å². The largest absolute Gasteiger partial charge is 0.493 e. The van der Waals surface area contributed by atoms with Crippen LogP contribution in [0.2, 0.25) is 5.02 Å². The summed E-state index contributed by atoms with van der Waals surface area (Å²) in [5, 5.41) is 0.653. The van der Waals surface area contributed by atoms with Gasteiger partial charge in [0.15, 0.2) is 15.8 Å². The predicted molar refractivity (Wildman–Crippen MR) is 140 cm³/mol. The number of anilines is 1. The number of thiocarbonyl (C=S) groups is 1. The van der Waals surface area contributed by atoms with Crippen LogP contribution in [0, 0.1) is 0 Å². The Morgan fingerprint density at radius 2 is 1.76 bits per heavy atom. The second-order valence-electron chi connectivity index (χ2n) is 7.29. The van der Waals surface area contributed by atoms with Crippen molar-refractivity contribution in [3.05, 3.63) is 93.3 Å². The number of para-hydroxylation sites is 1. The zero-order chi connectivity index (χ0) is 23.4. The highest BCUT2D eigenvalue weighted by Crippen LogP contribution is 2.38. The summed E-state index contributed by atoms with van der Waals surface area (Å²) in [6.07, 6.45) is 2.65. The highest BCUT2D eigenvalue weighted by Gasteiger charge is 2.34. The van der Waals surface area contributed by atoms with Crippen LogP contribution < -0.4 is 14.4 Å². The van der Waals surface area contributed by atoms with Crippen molar-refractivity contribution in [2.45, 2.75) is 20.0 Å².